The average molecular weight is 236 g/mol. The highest BCUT2D eigenvalue weighted by Gasteiger charge is 2.15. The highest BCUT2D eigenvalue weighted by molar-refractivity contribution is 5.88. The van der Waals surface area contributed by atoms with E-state index < -0.39 is 0 Å². The Balaban J connectivity index is 2.35. The first-order valence-corrected chi connectivity index (χ1v) is 5.45. The van der Waals surface area contributed by atoms with Crippen molar-refractivity contribution in [2.24, 2.45) is 0 Å². The average Bonchev–Trinajstić information content (AvgIpc) is 2.73. The van der Waals surface area contributed by atoms with Crippen molar-refractivity contribution >= 4 is 11.6 Å². The summed E-state index contributed by atoms with van der Waals surface area (Å²) in [4.78, 5) is 18.2. The molecule has 0 N–H and O–H groups in total. The van der Waals surface area contributed by atoms with Crippen LogP contribution in [-0.2, 0) is 4.74 Å². The van der Waals surface area contributed by atoms with Crippen molar-refractivity contribution in [1.82, 2.24) is 9.94 Å². The normalized spacial score (nSPS) is 10.5. The Hall–Kier alpha value is -2.11. The van der Waals surface area contributed by atoms with Crippen molar-refractivity contribution in [1.29, 1.82) is 0 Å². The minimum atomic E-state index is -0.342. The number of rotatable bonds is 4. The summed E-state index contributed by atoms with van der Waals surface area (Å²) < 4.78 is 6.63. The first-order valence-electron chi connectivity index (χ1n) is 5.45. The van der Waals surface area contributed by atoms with Crippen LogP contribution in [0.3, 0.4) is 0 Å². The Morgan fingerprint density at radius 1 is 1.41 bits per heavy atom. The Kier molecular flexibility index (Phi) is 3.22. The molecule has 0 bridgehead atoms. The topological polar surface area (TPSA) is 57.5 Å². The number of nitrogens with zero attached hydrogens (tertiary/aromatic N) is 3. The molecule has 0 aromatic carbocycles. The van der Waals surface area contributed by atoms with Gasteiger partial charge in [0.25, 0.3) is 6.33 Å². The molecule has 17 heavy (non-hydrogen) atoms. The number of esters is 1. The van der Waals surface area contributed by atoms with E-state index in [1.165, 1.54) is 4.85 Å². The zero-order chi connectivity index (χ0) is 12.3. The lowest BCUT2D eigenvalue weighted by atomic mass is 10.3. The van der Waals surface area contributed by atoms with Crippen LogP contribution in [0.1, 0.15) is 24.2 Å². The summed E-state index contributed by atoms with van der Waals surface area (Å²) in [5.41, 5.74) is 1.24. The summed E-state index contributed by atoms with van der Waals surface area (Å²) >= 11 is 0. The van der Waals surface area contributed by atoms with Gasteiger partial charge < -0.3 is 9.57 Å². The van der Waals surface area contributed by atoms with Crippen LogP contribution in [0.25, 0.3) is 5.65 Å². The van der Waals surface area contributed by atoms with Crippen LogP contribution in [0.15, 0.2) is 24.7 Å². The van der Waals surface area contributed by atoms with Crippen molar-refractivity contribution < 1.29 is 18.8 Å². The third-order valence-corrected chi connectivity index (χ3v) is 2.19. The van der Waals surface area contributed by atoms with Crippen LogP contribution in [0.2, 0.25) is 0 Å². The Bertz CT molecular complexity index is 536. The maximum absolute atomic E-state index is 11.5. The highest BCUT2D eigenvalue weighted by Crippen LogP contribution is 2.01. The van der Waals surface area contributed by atoms with Gasteiger partial charge in [-0.2, -0.15) is 4.40 Å². The summed E-state index contributed by atoms with van der Waals surface area (Å²) in [7, 11) is 0. The van der Waals surface area contributed by atoms with Gasteiger partial charge in [-0.3, -0.25) is 0 Å². The Morgan fingerprint density at radius 3 is 2.94 bits per heavy atom. The lowest BCUT2D eigenvalue weighted by molar-refractivity contribution is -0.513. The largest absolute Gasteiger partial charge is 0.462 e. The molecule has 2 aromatic heterocycles. The Morgan fingerprint density at radius 2 is 2.24 bits per heavy atom. The molecule has 0 radical (unpaired) electrons. The van der Waals surface area contributed by atoms with E-state index in [-0.39, 0.29) is 5.97 Å². The van der Waals surface area contributed by atoms with Crippen molar-refractivity contribution in [3.63, 3.8) is 0 Å². The molecule has 0 saturated carbocycles. The zero-order valence-corrected chi connectivity index (χ0v) is 9.79. The summed E-state index contributed by atoms with van der Waals surface area (Å²) in [5.74, 6) is -0.342. The number of fused-ring (bicyclic) bond motifs is 1. The second kappa shape index (κ2) is 4.82. The van der Waals surface area contributed by atoms with Crippen molar-refractivity contribution in [3.05, 3.63) is 30.2 Å². The van der Waals surface area contributed by atoms with Crippen LogP contribution in [0.4, 0.5) is 0 Å². The molecule has 0 unspecified atom stereocenters. The minimum absolute atomic E-state index is 0.342. The summed E-state index contributed by atoms with van der Waals surface area (Å²) in [6, 6.07) is 3.44. The van der Waals surface area contributed by atoms with Crippen LogP contribution in [0.5, 0.6) is 0 Å². The fraction of sp³-hybridized carbons (Fsp3) is 0.364. The van der Waals surface area contributed by atoms with Gasteiger partial charge in [0.1, 0.15) is 6.61 Å². The van der Waals surface area contributed by atoms with E-state index in [1.807, 2.05) is 6.92 Å². The molecule has 0 aliphatic rings. The van der Waals surface area contributed by atoms with Gasteiger partial charge in [-0.25, -0.2) is 4.79 Å². The monoisotopic (exact) mass is 236 g/mol. The van der Waals surface area contributed by atoms with Crippen LogP contribution in [-0.4, -0.2) is 29.1 Å². The van der Waals surface area contributed by atoms with Crippen LogP contribution >= 0.6 is 0 Å². The molecule has 6 nitrogen and oxygen atoms in total. The van der Waals surface area contributed by atoms with E-state index in [0.717, 1.165) is 5.65 Å². The number of carbonyl (C=O) groups is 1. The summed E-state index contributed by atoms with van der Waals surface area (Å²) in [6.45, 7) is 4.54. The number of carbonyl (C=O) groups excluding carboxylic acids is 1. The molecule has 6 heteroatoms. The van der Waals surface area contributed by atoms with Gasteiger partial charge in [-0.05, 0) is 19.9 Å². The molecule has 0 saturated heterocycles. The highest BCUT2D eigenvalue weighted by atomic mass is 16.7. The van der Waals surface area contributed by atoms with Crippen LogP contribution in [0, 0.1) is 0 Å². The molecular weight excluding hydrogens is 222 g/mol. The lowest BCUT2D eigenvalue weighted by Crippen LogP contribution is -2.23. The number of hydrogen-bond acceptors (Lipinski definition) is 4. The predicted octanol–water partition coefficient (Wildman–Crippen LogP) is 0.247. The fourth-order valence-corrected chi connectivity index (χ4v) is 1.48. The molecule has 90 valence electrons. The molecule has 0 spiro atoms. The van der Waals surface area contributed by atoms with Crippen molar-refractivity contribution in [2.75, 3.05) is 13.2 Å². The van der Waals surface area contributed by atoms with Gasteiger partial charge in [0.05, 0.1) is 28.3 Å². The smallest absolute Gasteiger partial charge is 0.341 e. The predicted molar refractivity (Wildman–Crippen MR) is 58.5 cm³/mol. The van der Waals surface area contributed by atoms with E-state index in [4.69, 9.17) is 9.57 Å². The van der Waals surface area contributed by atoms with Gasteiger partial charge in [-0.1, -0.05) is 0 Å². The van der Waals surface area contributed by atoms with E-state index >= 15 is 0 Å². The van der Waals surface area contributed by atoms with Crippen molar-refractivity contribution in [3.8, 4) is 0 Å². The van der Waals surface area contributed by atoms with E-state index in [9.17, 15) is 4.79 Å². The molecular formula is C11H14N3O3+. The van der Waals surface area contributed by atoms with Gasteiger partial charge in [0.15, 0.2) is 0 Å². The molecule has 0 amide bonds. The maximum Gasteiger partial charge on any atom is 0.341 e. The first kappa shape index (κ1) is 11.4. The number of ether oxygens (including phenoxy) is 1. The molecule has 0 atom stereocenters. The van der Waals surface area contributed by atoms with Gasteiger partial charge in [0, 0.05) is 6.07 Å². The van der Waals surface area contributed by atoms with Crippen LogP contribution < -0.4 is 9.24 Å². The molecule has 2 aromatic rings. The third kappa shape index (κ3) is 2.20. The third-order valence-electron chi connectivity index (χ3n) is 2.19. The SMILES string of the molecule is CCOC(=O)c1ccc2n(OCC)nc[n+]2c1. The van der Waals surface area contributed by atoms with E-state index in [1.54, 1.807) is 36.0 Å². The molecule has 0 aliphatic heterocycles. The van der Waals surface area contributed by atoms with E-state index in [0.29, 0.717) is 18.8 Å². The lowest BCUT2D eigenvalue weighted by Gasteiger charge is -2.00. The van der Waals surface area contributed by atoms with E-state index in [2.05, 4.69) is 5.10 Å². The molecule has 2 heterocycles. The molecule has 0 fully saturated rings. The Labute approximate surface area is 98.3 Å². The fourth-order valence-electron chi connectivity index (χ4n) is 1.48. The summed E-state index contributed by atoms with van der Waals surface area (Å²) in [5, 5.41) is 4.04. The van der Waals surface area contributed by atoms with Crippen molar-refractivity contribution in [2.45, 2.75) is 13.8 Å². The quantitative estimate of drug-likeness (QED) is 0.564. The van der Waals surface area contributed by atoms with Gasteiger partial charge >= 0.3 is 11.6 Å². The maximum atomic E-state index is 11.5. The minimum Gasteiger partial charge on any atom is -0.462 e. The number of pyridine rings is 1. The zero-order valence-electron chi connectivity index (χ0n) is 9.79. The second-order valence-corrected chi connectivity index (χ2v) is 3.33. The number of aromatic nitrogens is 3. The molecule has 2 rings (SSSR count). The second-order valence-electron chi connectivity index (χ2n) is 3.33. The molecule has 0 aliphatic carbocycles. The standard InChI is InChI=1S/C11H14N3O3/c1-3-16-11(15)9-5-6-10-13(7-9)8-12-14(10)17-4-2/h5-8H,3-4H2,1-2H3/q+1. The van der Waals surface area contributed by atoms with Gasteiger partial charge in [-0.15, -0.1) is 0 Å². The summed E-state index contributed by atoms with van der Waals surface area (Å²) in [6.07, 6.45) is 3.24. The number of hydrogen-bond donors (Lipinski definition) is 0. The first-order chi connectivity index (χ1) is 8.26. The van der Waals surface area contributed by atoms with Gasteiger partial charge in [0.2, 0.25) is 0 Å².